The van der Waals surface area contributed by atoms with Crippen LogP contribution in [0, 0.1) is 13.8 Å². The van der Waals surface area contributed by atoms with Crippen molar-refractivity contribution < 1.29 is 14.2 Å². The highest BCUT2D eigenvalue weighted by Gasteiger charge is 2.15. The quantitative estimate of drug-likeness (QED) is 0.695. The second-order valence-corrected chi connectivity index (χ2v) is 6.47. The summed E-state index contributed by atoms with van der Waals surface area (Å²) in [7, 11) is 0. The number of nitrogens with zero attached hydrogens (tertiary/aromatic N) is 2. The smallest absolute Gasteiger partial charge is 0.263 e. The number of hydrogen-bond donors (Lipinski definition) is 1. The van der Waals surface area contributed by atoms with Crippen LogP contribution in [0.2, 0.25) is 0 Å². The third kappa shape index (κ3) is 4.24. The highest BCUT2D eigenvalue weighted by Crippen LogP contribution is 2.25. The highest BCUT2D eigenvalue weighted by atomic mass is 79.9. The molecule has 0 fully saturated rings. The summed E-state index contributed by atoms with van der Waals surface area (Å²) in [4.78, 5) is 12.1. The fourth-order valence-electron chi connectivity index (χ4n) is 2.19. The molecule has 1 N–H and O–H groups in total. The SMILES string of the molecule is Cc1ccc(OCC(=O)Nc2nonc2-c2ccc(Br)cc2)cc1C. The first-order valence-corrected chi connectivity index (χ1v) is 8.40. The van der Waals surface area contributed by atoms with Gasteiger partial charge in [0, 0.05) is 10.0 Å². The molecule has 25 heavy (non-hydrogen) atoms. The van der Waals surface area contributed by atoms with Gasteiger partial charge >= 0.3 is 0 Å². The fraction of sp³-hybridized carbons (Fsp3) is 0.167. The van der Waals surface area contributed by atoms with Gasteiger partial charge in [-0.3, -0.25) is 4.79 Å². The van der Waals surface area contributed by atoms with Crippen molar-refractivity contribution in [2.24, 2.45) is 0 Å². The molecule has 3 aromatic rings. The largest absolute Gasteiger partial charge is 0.484 e. The van der Waals surface area contributed by atoms with E-state index in [1.807, 2.05) is 56.3 Å². The van der Waals surface area contributed by atoms with Crippen molar-refractivity contribution in [3.63, 3.8) is 0 Å². The number of amides is 1. The standard InChI is InChI=1S/C18H16BrN3O3/c1-11-3-8-15(9-12(11)2)24-10-16(23)20-18-17(21-25-22-18)13-4-6-14(19)7-5-13/h3-9H,10H2,1-2H3,(H,20,22,23). The van der Waals surface area contributed by atoms with Crippen molar-refractivity contribution in [3.8, 4) is 17.0 Å². The first-order chi connectivity index (χ1) is 12.0. The minimum atomic E-state index is -0.340. The molecule has 1 aromatic heterocycles. The van der Waals surface area contributed by atoms with E-state index in [1.54, 1.807) is 0 Å². The van der Waals surface area contributed by atoms with E-state index >= 15 is 0 Å². The number of carbonyl (C=O) groups excluding carboxylic acids is 1. The lowest BCUT2D eigenvalue weighted by Crippen LogP contribution is -2.20. The molecule has 6 nitrogen and oxygen atoms in total. The van der Waals surface area contributed by atoms with Gasteiger partial charge in [-0.1, -0.05) is 34.1 Å². The lowest BCUT2D eigenvalue weighted by molar-refractivity contribution is -0.118. The predicted molar refractivity (Wildman–Crippen MR) is 97.5 cm³/mol. The first kappa shape index (κ1) is 17.2. The van der Waals surface area contributed by atoms with E-state index in [0.29, 0.717) is 11.4 Å². The molecule has 128 valence electrons. The summed E-state index contributed by atoms with van der Waals surface area (Å²) < 4.78 is 11.2. The Labute approximate surface area is 153 Å². The number of rotatable bonds is 5. The van der Waals surface area contributed by atoms with Crippen LogP contribution in [0.5, 0.6) is 5.75 Å². The Balaban J connectivity index is 1.64. The van der Waals surface area contributed by atoms with E-state index < -0.39 is 0 Å². The number of halogens is 1. The van der Waals surface area contributed by atoms with Gasteiger partial charge in [0.2, 0.25) is 5.82 Å². The van der Waals surface area contributed by atoms with Crippen LogP contribution in [0.3, 0.4) is 0 Å². The summed E-state index contributed by atoms with van der Waals surface area (Å²) in [5, 5.41) is 10.3. The second kappa shape index (κ2) is 7.48. The normalized spacial score (nSPS) is 10.5. The van der Waals surface area contributed by atoms with Crippen molar-refractivity contribution in [1.82, 2.24) is 10.3 Å². The van der Waals surface area contributed by atoms with Gasteiger partial charge < -0.3 is 10.1 Å². The second-order valence-electron chi connectivity index (χ2n) is 5.55. The van der Waals surface area contributed by atoms with Crippen LogP contribution in [0.1, 0.15) is 11.1 Å². The molecule has 0 aliphatic heterocycles. The number of ether oxygens (including phenoxy) is 1. The summed E-state index contributed by atoms with van der Waals surface area (Å²) in [6.45, 7) is 3.88. The van der Waals surface area contributed by atoms with Gasteiger partial charge in [-0.05, 0) is 59.6 Å². The lowest BCUT2D eigenvalue weighted by Gasteiger charge is -2.08. The summed E-state index contributed by atoms with van der Waals surface area (Å²) in [6.07, 6.45) is 0. The third-order valence-electron chi connectivity index (χ3n) is 3.71. The van der Waals surface area contributed by atoms with Crippen LogP contribution in [0.15, 0.2) is 51.6 Å². The molecule has 0 saturated carbocycles. The summed E-state index contributed by atoms with van der Waals surface area (Å²) in [5.41, 5.74) is 3.53. The molecule has 0 unspecified atom stereocenters. The molecule has 7 heteroatoms. The number of benzene rings is 2. The maximum absolute atomic E-state index is 12.1. The molecule has 0 aliphatic carbocycles. The number of aromatic nitrogens is 2. The molecule has 0 bridgehead atoms. The topological polar surface area (TPSA) is 77.2 Å². The molecule has 2 aromatic carbocycles. The Morgan fingerprint density at radius 1 is 1.12 bits per heavy atom. The molecular formula is C18H16BrN3O3. The van der Waals surface area contributed by atoms with Gasteiger partial charge in [0.25, 0.3) is 5.91 Å². The monoisotopic (exact) mass is 401 g/mol. The van der Waals surface area contributed by atoms with E-state index in [9.17, 15) is 4.79 Å². The Bertz CT molecular complexity index is 891. The van der Waals surface area contributed by atoms with E-state index in [4.69, 9.17) is 9.37 Å². The van der Waals surface area contributed by atoms with E-state index in [0.717, 1.165) is 15.6 Å². The molecule has 1 heterocycles. The van der Waals surface area contributed by atoms with Crippen molar-refractivity contribution >= 4 is 27.7 Å². The summed E-state index contributed by atoms with van der Waals surface area (Å²) >= 11 is 3.37. The molecule has 0 atom stereocenters. The molecule has 1 amide bonds. The molecule has 0 radical (unpaired) electrons. The van der Waals surface area contributed by atoms with E-state index in [-0.39, 0.29) is 18.3 Å². The van der Waals surface area contributed by atoms with Crippen LogP contribution in [0.25, 0.3) is 11.3 Å². The Kier molecular flexibility index (Phi) is 5.14. The van der Waals surface area contributed by atoms with Crippen molar-refractivity contribution in [2.75, 3.05) is 11.9 Å². The maximum atomic E-state index is 12.1. The zero-order chi connectivity index (χ0) is 17.8. The summed E-state index contributed by atoms with van der Waals surface area (Å²) in [6, 6.07) is 13.1. The van der Waals surface area contributed by atoms with Crippen LogP contribution >= 0.6 is 15.9 Å². The molecule has 0 saturated heterocycles. The lowest BCUT2D eigenvalue weighted by atomic mass is 10.1. The van der Waals surface area contributed by atoms with Gasteiger partial charge in [-0.15, -0.1) is 0 Å². The van der Waals surface area contributed by atoms with Gasteiger partial charge in [-0.2, -0.15) is 0 Å². The average Bonchev–Trinajstić information content (AvgIpc) is 3.05. The third-order valence-corrected chi connectivity index (χ3v) is 4.24. The Morgan fingerprint density at radius 2 is 1.88 bits per heavy atom. The number of nitrogens with one attached hydrogen (secondary N) is 1. The van der Waals surface area contributed by atoms with E-state index in [2.05, 4.69) is 31.6 Å². The zero-order valence-corrected chi connectivity index (χ0v) is 15.3. The molecular weight excluding hydrogens is 386 g/mol. The number of anilines is 1. The van der Waals surface area contributed by atoms with Gasteiger partial charge in [0.15, 0.2) is 12.3 Å². The van der Waals surface area contributed by atoms with Crippen molar-refractivity contribution in [3.05, 3.63) is 58.1 Å². The zero-order valence-electron chi connectivity index (χ0n) is 13.7. The Morgan fingerprint density at radius 3 is 2.60 bits per heavy atom. The minimum Gasteiger partial charge on any atom is -0.484 e. The van der Waals surface area contributed by atoms with Crippen molar-refractivity contribution in [2.45, 2.75) is 13.8 Å². The molecule has 0 spiro atoms. The minimum absolute atomic E-state index is 0.130. The number of aryl methyl sites for hydroxylation is 2. The summed E-state index contributed by atoms with van der Waals surface area (Å²) in [5.74, 6) is 0.563. The first-order valence-electron chi connectivity index (χ1n) is 7.61. The van der Waals surface area contributed by atoms with Gasteiger partial charge in [0.05, 0.1) is 0 Å². The van der Waals surface area contributed by atoms with Gasteiger partial charge in [0.1, 0.15) is 5.75 Å². The average molecular weight is 402 g/mol. The van der Waals surface area contributed by atoms with E-state index in [1.165, 1.54) is 5.56 Å². The molecule has 3 rings (SSSR count). The predicted octanol–water partition coefficient (Wildman–Crippen LogP) is 4.13. The molecule has 0 aliphatic rings. The maximum Gasteiger partial charge on any atom is 0.263 e. The number of hydrogen-bond acceptors (Lipinski definition) is 5. The highest BCUT2D eigenvalue weighted by molar-refractivity contribution is 9.10. The van der Waals surface area contributed by atoms with Crippen LogP contribution in [0.4, 0.5) is 5.82 Å². The van der Waals surface area contributed by atoms with Crippen molar-refractivity contribution in [1.29, 1.82) is 0 Å². The van der Waals surface area contributed by atoms with Gasteiger partial charge in [-0.25, -0.2) is 4.63 Å². The van der Waals surface area contributed by atoms with Crippen LogP contribution in [-0.2, 0) is 4.79 Å². The fourth-order valence-corrected chi connectivity index (χ4v) is 2.45. The van der Waals surface area contributed by atoms with Crippen LogP contribution in [-0.4, -0.2) is 22.8 Å². The Hall–Kier alpha value is -2.67. The van der Waals surface area contributed by atoms with Crippen LogP contribution < -0.4 is 10.1 Å². The number of carbonyl (C=O) groups is 1.